The summed E-state index contributed by atoms with van der Waals surface area (Å²) in [7, 11) is 0. The van der Waals surface area contributed by atoms with Crippen molar-refractivity contribution in [2.45, 2.75) is 19.1 Å². The highest BCUT2D eigenvalue weighted by atomic mass is 19.4. The van der Waals surface area contributed by atoms with E-state index in [0.29, 0.717) is 6.07 Å². The lowest BCUT2D eigenvalue weighted by molar-refractivity contribution is -0.141. The molecule has 0 saturated carbocycles. The van der Waals surface area contributed by atoms with Gasteiger partial charge in [0.2, 0.25) is 0 Å². The molecule has 0 unspecified atom stereocenters. The monoisotopic (exact) mass is 242 g/mol. The van der Waals surface area contributed by atoms with Crippen molar-refractivity contribution in [1.29, 1.82) is 0 Å². The van der Waals surface area contributed by atoms with Gasteiger partial charge in [-0.15, -0.1) is 0 Å². The first kappa shape index (κ1) is 12.6. The van der Waals surface area contributed by atoms with Gasteiger partial charge in [-0.2, -0.15) is 13.2 Å². The minimum Gasteiger partial charge on any atom is -0.326 e. The zero-order valence-electron chi connectivity index (χ0n) is 7.74. The minimum absolute atomic E-state index is 0.420. The average Bonchev–Trinajstić information content (AvgIpc) is 2.14. The van der Waals surface area contributed by atoms with E-state index in [2.05, 4.69) is 0 Å². The van der Waals surface area contributed by atoms with Gasteiger partial charge in [-0.05, 0) is 11.6 Å². The molecule has 0 spiro atoms. The van der Waals surface area contributed by atoms with E-state index in [1.54, 1.807) is 0 Å². The van der Waals surface area contributed by atoms with Crippen molar-refractivity contribution < 1.29 is 22.0 Å². The van der Waals surface area contributed by atoms with Crippen LogP contribution in [0.25, 0.3) is 0 Å². The van der Waals surface area contributed by atoms with Crippen LogP contribution in [0.4, 0.5) is 22.0 Å². The highest BCUT2D eigenvalue weighted by Crippen LogP contribution is 2.29. The van der Waals surface area contributed by atoms with Crippen molar-refractivity contribution in [2.75, 3.05) is 0 Å². The molecule has 0 radical (unpaired) electrons. The summed E-state index contributed by atoms with van der Waals surface area (Å²) in [6, 6.07) is 0.420. The fourth-order valence-corrected chi connectivity index (χ4v) is 1.18. The second-order valence-corrected chi connectivity index (χ2v) is 2.95. The van der Waals surface area contributed by atoms with Crippen LogP contribution >= 0.6 is 0 Å². The standard InChI is InChI=1S/C8H7F5N2O/c9-6(10)5-3(2-14)1-4(8(11,12)13)15-7(5)16/h1,6H,2,14H2,(H,15,16). The molecule has 1 aromatic rings. The van der Waals surface area contributed by atoms with Gasteiger partial charge in [0.1, 0.15) is 5.69 Å². The lowest BCUT2D eigenvalue weighted by atomic mass is 10.1. The predicted octanol–water partition coefficient (Wildman–Crippen LogP) is 1.79. The van der Waals surface area contributed by atoms with Crippen LogP contribution in [-0.2, 0) is 12.7 Å². The Morgan fingerprint density at radius 2 is 1.94 bits per heavy atom. The van der Waals surface area contributed by atoms with Crippen LogP contribution in [0.15, 0.2) is 10.9 Å². The first-order valence-electron chi connectivity index (χ1n) is 4.09. The van der Waals surface area contributed by atoms with Gasteiger partial charge in [0, 0.05) is 6.54 Å². The van der Waals surface area contributed by atoms with E-state index < -0.39 is 41.5 Å². The second kappa shape index (κ2) is 4.20. The van der Waals surface area contributed by atoms with Gasteiger partial charge in [0.15, 0.2) is 0 Å². The molecule has 0 aliphatic heterocycles. The smallest absolute Gasteiger partial charge is 0.326 e. The zero-order valence-corrected chi connectivity index (χ0v) is 7.74. The molecule has 0 aliphatic carbocycles. The number of nitrogens with two attached hydrogens (primary N) is 1. The molecule has 1 rings (SSSR count). The van der Waals surface area contributed by atoms with E-state index in [9.17, 15) is 26.7 Å². The molecule has 90 valence electrons. The lowest BCUT2D eigenvalue weighted by Crippen LogP contribution is -2.23. The summed E-state index contributed by atoms with van der Waals surface area (Å²) in [5.41, 5.74) is 0.636. The largest absolute Gasteiger partial charge is 0.431 e. The molecule has 0 bridgehead atoms. The summed E-state index contributed by atoms with van der Waals surface area (Å²) in [5, 5.41) is 0. The maximum Gasteiger partial charge on any atom is 0.431 e. The van der Waals surface area contributed by atoms with Crippen molar-refractivity contribution in [3.05, 3.63) is 33.2 Å². The summed E-state index contributed by atoms with van der Waals surface area (Å²) >= 11 is 0. The van der Waals surface area contributed by atoms with E-state index >= 15 is 0 Å². The van der Waals surface area contributed by atoms with Crippen LogP contribution in [0.3, 0.4) is 0 Å². The highest BCUT2D eigenvalue weighted by molar-refractivity contribution is 5.28. The van der Waals surface area contributed by atoms with E-state index in [1.165, 1.54) is 4.98 Å². The minimum atomic E-state index is -4.80. The van der Waals surface area contributed by atoms with Crippen LogP contribution in [0.1, 0.15) is 23.2 Å². The fraction of sp³-hybridized carbons (Fsp3) is 0.375. The van der Waals surface area contributed by atoms with Gasteiger partial charge in [-0.3, -0.25) is 4.79 Å². The van der Waals surface area contributed by atoms with Gasteiger partial charge < -0.3 is 10.7 Å². The summed E-state index contributed by atoms with van der Waals surface area (Å²) in [4.78, 5) is 12.4. The molecule has 0 fully saturated rings. The molecule has 1 heterocycles. The Morgan fingerprint density at radius 3 is 2.31 bits per heavy atom. The number of hydrogen-bond donors (Lipinski definition) is 2. The van der Waals surface area contributed by atoms with Crippen molar-refractivity contribution in [1.82, 2.24) is 4.98 Å². The molecule has 0 saturated heterocycles. The van der Waals surface area contributed by atoms with Crippen LogP contribution < -0.4 is 11.3 Å². The van der Waals surface area contributed by atoms with E-state index in [4.69, 9.17) is 5.73 Å². The SMILES string of the molecule is NCc1cc(C(F)(F)F)[nH]c(=O)c1C(F)F. The number of aromatic nitrogens is 1. The Labute approximate surface area is 86.1 Å². The van der Waals surface area contributed by atoms with Crippen molar-refractivity contribution in [3.63, 3.8) is 0 Å². The van der Waals surface area contributed by atoms with Crippen LogP contribution in [0.5, 0.6) is 0 Å². The molecular formula is C8H7F5N2O. The Hall–Kier alpha value is -1.44. The van der Waals surface area contributed by atoms with Gasteiger partial charge in [-0.1, -0.05) is 0 Å². The number of hydrogen-bond acceptors (Lipinski definition) is 2. The molecule has 16 heavy (non-hydrogen) atoms. The number of nitrogens with one attached hydrogen (secondary N) is 1. The third kappa shape index (κ3) is 2.38. The van der Waals surface area contributed by atoms with Gasteiger partial charge in [0.25, 0.3) is 12.0 Å². The maximum atomic E-state index is 12.3. The molecular weight excluding hydrogens is 235 g/mol. The number of halogens is 5. The Kier molecular flexibility index (Phi) is 3.32. The van der Waals surface area contributed by atoms with Crippen LogP contribution in [0, 0.1) is 0 Å². The third-order valence-electron chi connectivity index (χ3n) is 1.90. The van der Waals surface area contributed by atoms with Gasteiger partial charge in [0.05, 0.1) is 5.56 Å². The molecule has 0 aromatic carbocycles. The number of H-pyrrole nitrogens is 1. The summed E-state index contributed by atoms with van der Waals surface area (Å²) < 4.78 is 61.3. The summed E-state index contributed by atoms with van der Waals surface area (Å²) in [5.74, 6) is 0. The molecule has 3 N–H and O–H groups in total. The topological polar surface area (TPSA) is 58.9 Å². The number of pyridine rings is 1. The summed E-state index contributed by atoms with van der Waals surface area (Å²) in [6.45, 7) is -0.563. The first-order valence-corrected chi connectivity index (χ1v) is 4.09. The molecule has 0 atom stereocenters. The van der Waals surface area contributed by atoms with Crippen molar-refractivity contribution in [2.24, 2.45) is 5.73 Å². The Bertz CT molecular complexity index is 437. The predicted molar refractivity (Wildman–Crippen MR) is 44.9 cm³/mol. The first-order chi connectivity index (χ1) is 7.27. The molecule has 3 nitrogen and oxygen atoms in total. The summed E-state index contributed by atoms with van der Waals surface area (Å²) in [6.07, 6.45) is -7.96. The van der Waals surface area contributed by atoms with Gasteiger partial charge >= 0.3 is 6.18 Å². The maximum absolute atomic E-state index is 12.3. The van der Waals surface area contributed by atoms with Crippen LogP contribution in [-0.4, -0.2) is 4.98 Å². The third-order valence-corrected chi connectivity index (χ3v) is 1.90. The average molecular weight is 242 g/mol. The van der Waals surface area contributed by atoms with Gasteiger partial charge in [-0.25, -0.2) is 8.78 Å². The van der Waals surface area contributed by atoms with Crippen molar-refractivity contribution in [3.8, 4) is 0 Å². The Morgan fingerprint density at radius 1 is 1.38 bits per heavy atom. The van der Waals surface area contributed by atoms with E-state index in [0.717, 1.165) is 0 Å². The quantitative estimate of drug-likeness (QED) is 0.777. The highest BCUT2D eigenvalue weighted by Gasteiger charge is 2.33. The molecule has 0 aliphatic rings. The molecule has 1 aromatic heterocycles. The number of rotatable bonds is 2. The lowest BCUT2D eigenvalue weighted by Gasteiger charge is -2.11. The van der Waals surface area contributed by atoms with E-state index in [1.807, 2.05) is 0 Å². The number of alkyl halides is 5. The van der Waals surface area contributed by atoms with Crippen LogP contribution in [0.2, 0.25) is 0 Å². The number of aromatic amines is 1. The zero-order chi connectivity index (χ0) is 12.5. The second-order valence-electron chi connectivity index (χ2n) is 2.95. The Balaban J connectivity index is 3.45. The van der Waals surface area contributed by atoms with Crippen molar-refractivity contribution >= 4 is 0 Å². The normalized spacial score (nSPS) is 12.2. The van der Waals surface area contributed by atoms with E-state index in [-0.39, 0.29) is 0 Å². The fourth-order valence-electron chi connectivity index (χ4n) is 1.18. The molecule has 0 amide bonds. The molecule has 8 heteroatoms.